The van der Waals surface area contributed by atoms with Crippen molar-refractivity contribution in [1.82, 2.24) is 10.2 Å². The first-order valence-corrected chi connectivity index (χ1v) is 12.1. The molecule has 7 heteroatoms. The molecule has 6 nitrogen and oxygen atoms in total. The van der Waals surface area contributed by atoms with Crippen LogP contribution in [0.1, 0.15) is 28.3 Å². The molecular weight excluding hydrogens is 460 g/mol. The van der Waals surface area contributed by atoms with E-state index in [4.69, 9.17) is 11.6 Å². The summed E-state index contributed by atoms with van der Waals surface area (Å²) in [6, 6.07) is 21.9. The lowest BCUT2D eigenvalue weighted by Crippen LogP contribution is -2.43. The summed E-state index contributed by atoms with van der Waals surface area (Å²) >= 11 is 6.14. The summed E-state index contributed by atoms with van der Waals surface area (Å²) in [5.41, 5.74) is 6.27. The van der Waals surface area contributed by atoms with E-state index in [0.717, 1.165) is 36.3 Å². The van der Waals surface area contributed by atoms with Gasteiger partial charge >= 0.3 is 11.8 Å². The molecule has 0 aromatic heterocycles. The number of nitrogens with one attached hydrogen (secondary N) is 2. The average molecular weight is 491 g/mol. The van der Waals surface area contributed by atoms with Gasteiger partial charge in [-0.3, -0.25) is 14.5 Å². The van der Waals surface area contributed by atoms with E-state index in [2.05, 4.69) is 69.0 Å². The zero-order chi connectivity index (χ0) is 24.9. The van der Waals surface area contributed by atoms with Crippen molar-refractivity contribution >= 4 is 34.8 Å². The molecule has 0 saturated heterocycles. The predicted octanol–water partition coefficient (Wildman–Crippen LogP) is 4.57. The highest BCUT2D eigenvalue weighted by Gasteiger charge is 2.26. The number of fused-ring (bicyclic) bond motifs is 1. The second-order valence-electron chi connectivity index (χ2n) is 9.12. The first-order chi connectivity index (χ1) is 16.8. The van der Waals surface area contributed by atoms with Crippen LogP contribution in [0.15, 0.2) is 66.7 Å². The lowest BCUT2D eigenvalue weighted by Gasteiger charge is -2.36. The molecule has 0 saturated carbocycles. The molecule has 1 heterocycles. The molecule has 182 valence electrons. The summed E-state index contributed by atoms with van der Waals surface area (Å²) in [6.07, 6.45) is 0.949. The molecule has 1 atom stereocenters. The van der Waals surface area contributed by atoms with Crippen molar-refractivity contribution in [3.8, 4) is 0 Å². The van der Waals surface area contributed by atoms with Crippen LogP contribution >= 0.6 is 11.6 Å². The summed E-state index contributed by atoms with van der Waals surface area (Å²) in [5, 5.41) is 6.02. The topological polar surface area (TPSA) is 64.7 Å². The Kier molecular flexibility index (Phi) is 7.73. The van der Waals surface area contributed by atoms with Crippen molar-refractivity contribution in [2.75, 3.05) is 37.4 Å². The Morgan fingerprint density at radius 3 is 2.40 bits per heavy atom. The van der Waals surface area contributed by atoms with Gasteiger partial charge in [0.05, 0.1) is 6.04 Å². The molecule has 1 unspecified atom stereocenters. The molecule has 1 aliphatic heterocycles. The van der Waals surface area contributed by atoms with Crippen molar-refractivity contribution in [1.29, 1.82) is 0 Å². The van der Waals surface area contributed by atoms with Crippen molar-refractivity contribution < 1.29 is 9.59 Å². The predicted molar refractivity (Wildman–Crippen MR) is 142 cm³/mol. The molecule has 1 aliphatic rings. The maximum absolute atomic E-state index is 12.7. The van der Waals surface area contributed by atoms with Crippen LogP contribution in [-0.2, 0) is 22.6 Å². The number of benzene rings is 3. The van der Waals surface area contributed by atoms with Gasteiger partial charge in [0.1, 0.15) is 0 Å². The largest absolute Gasteiger partial charge is 0.378 e. The van der Waals surface area contributed by atoms with Crippen molar-refractivity contribution in [3.05, 3.63) is 94.0 Å². The average Bonchev–Trinajstić information content (AvgIpc) is 2.86. The van der Waals surface area contributed by atoms with Crippen LogP contribution in [0.25, 0.3) is 0 Å². The first kappa shape index (κ1) is 24.8. The Morgan fingerprint density at radius 2 is 1.71 bits per heavy atom. The highest BCUT2D eigenvalue weighted by molar-refractivity contribution is 6.39. The lowest BCUT2D eigenvalue weighted by atomic mass is 9.96. The summed E-state index contributed by atoms with van der Waals surface area (Å²) in [7, 11) is 4.02. The molecule has 3 aromatic carbocycles. The van der Waals surface area contributed by atoms with Crippen LogP contribution in [0.5, 0.6) is 0 Å². The molecule has 0 bridgehead atoms. The summed E-state index contributed by atoms with van der Waals surface area (Å²) in [5.74, 6) is -1.38. The molecule has 2 amide bonds. The zero-order valence-corrected chi connectivity index (χ0v) is 21.1. The van der Waals surface area contributed by atoms with Crippen LogP contribution in [0, 0.1) is 6.92 Å². The van der Waals surface area contributed by atoms with Gasteiger partial charge in [0, 0.05) is 50.1 Å². The number of nitrogens with zero attached hydrogens (tertiary/aromatic N) is 2. The Balaban J connectivity index is 1.48. The number of aryl methyl sites for hydroxylation is 1. The van der Waals surface area contributed by atoms with Gasteiger partial charge < -0.3 is 15.5 Å². The molecule has 35 heavy (non-hydrogen) atoms. The van der Waals surface area contributed by atoms with Gasteiger partial charge in [-0.25, -0.2) is 0 Å². The zero-order valence-electron chi connectivity index (χ0n) is 20.3. The minimum Gasteiger partial charge on any atom is -0.378 e. The third kappa shape index (κ3) is 6.02. The SMILES string of the molecule is Cc1ccc(NC(=O)C(=O)NCC(c2ccc(N(C)C)cc2)N2CCc3ccccc3C2)cc1Cl. The van der Waals surface area contributed by atoms with Gasteiger partial charge in [-0.1, -0.05) is 54.1 Å². The molecular formula is C28H31ClN4O2. The van der Waals surface area contributed by atoms with Gasteiger partial charge in [-0.2, -0.15) is 0 Å². The first-order valence-electron chi connectivity index (χ1n) is 11.8. The number of carbonyl (C=O) groups excluding carboxylic acids is 2. The standard InChI is InChI=1S/C28H31ClN4O2/c1-19-8-11-23(16-25(19)29)31-28(35)27(34)30-17-26(21-9-12-24(13-10-21)32(2)3)33-15-14-20-6-4-5-7-22(20)18-33/h4-13,16,26H,14-15,17-18H2,1-3H3,(H,30,34)(H,31,35). The van der Waals surface area contributed by atoms with Gasteiger partial charge in [-0.05, 0) is 59.9 Å². The highest BCUT2D eigenvalue weighted by Crippen LogP contribution is 2.29. The molecule has 3 aromatic rings. The van der Waals surface area contributed by atoms with E-state index < -0.39 is 11.8 Å². The second kappa shape index (κ2) is 10.9. The number of carbonyl (C=O) groups is 2. The van der Waals surface area contributed by atoms with E-state index in [0.29, 0.717) is 17.3 Å². The summed E-state index contributed by atoms with van der Waals surface area (Å²) < 4.78 is 0. The van der Waals surface area contributed by atoms with Crippen LogP contribution in [0.4, 0.5) is 11.4 Å². The van der Waals surface area contributed by atoms with Gasteiger partial charge in [0.2, 0.25) is 0 Å². The third-order valence-corrected chi connectivity index (χ3v) is 6.89. The number of anilines is 2. The van der Waals surface area contributed by atoms with Crippen LogP contribution < -0.4 is 15.5 Å². The molecule has 0 fully saturated rings. The molecule has 0 spiro atoms. The minimum atomic E-state index is -0.712. The maximum atomic E-state index is 12.7. The van der Waals surface area contributed by atoms with E-state index in [1.165, 1.54) is 11.1 Å². The number of amides is 2. The van der Waals surface area contributed by atoms with E-state index in [1.54, 1.807) is 18.2 Å². The fourth-order valence-corrected chi connectivity index (χ4v) is 4.54. The number of hydrogen-bond acceptors (Lipinski definition) is 4. The Bertz CT molecular complexity index is 1210. The van der Waals surface area contributed by atoms with Crippen LogP contribution in [-0.4, -0.2) is 43.9 Å². The number of rotatable bonds is 6. The Morgan fingerprint density at radius 1 is 1.00 bits per heavy atom. The van der Waals surface area contributed by atoms with Crippen molar-refractivity contribution in [2.24, 2.45) is 0 Å². The molecule has 0 aliphatic carbocycles. The van der Waals surface area contributed by atoms with Crippen LogP contribution in [0.2, 0.25) is 5.02 Å². The second-order valence-corrected chi connectivity index (χ2v) is 9.53. The monoisotopic (exact) mass is 490 g/mol. The van der Waals surface area contributed by atoms with E-state index in [-0.39, 0.29) is 6.04 Å². The van der Waals surface area contributed by atoms with E-state index in [9.17, 15) is 9.59 Å². The summed E-state index contributed by atoms with van der Waals surface area (Å²) in [6.45, 7) is 3.87. The highest BCUT2D eigenvalue weighted by atomic mass is 35.5. The number of hydrogen-bond donors (Lipinski definition) is 2. The van der Waals surface area contributed by atoms with Crippen molar-refractivity contribution in [3.63, 3.8) is 0 Å². The normalized spacial score (nSPS) is 14.1. The smallest absolute Gasteiger partial charge is 0.313 e. The Hall–Kier alpha value is -3.35. The minimum absolute atomic E-state index is 0.0647. The lowest BCUT2D eigenvalue weighted by molar-refractivity contribution is -0.136. The quantitative estimate of drug-likeness (QED) is 0.497. The Labute approximate surface area is 211 Å². The molecule has 0 radical (unpaired) electrons. The van der Waals surface area contributed by atoms with E-state index in [1.807, 2.05) is 21.0 Å². The van der Waals surface area contributed by atoms with Gasteiger partial charge in [-0.15, -0.1) is 0 Å². The van der Waals surface area contributed by atoms with Gasteiger partial charge in [0.25, 0.3) is 0 Å². The van der Waals surface area contributed by atoms with E-state index >= 15 is 0 Å². The fraction of sp³-hybridized carbons (Fsp3) is 0.286. The maximum Gasteiger partial charge on any atom is 0.313 e. The third-order valence-electron chi connectivity index (χ3n) is 6.49. The summed E-state index contributed by atoms with van der Waals surface area (Å²) in [4.78, 5) is 29.6. The fourth-order valence-electron chi connectivity index (χ4n) is 4.36. The van der Waals surface area contributed by atoms with Crippen molar-refractivity contribution in [2.45, 2.75) is 25.9 Å². The molecule has 2 N–H and O–H groups in total. The molecule has 4 rings (SSSR count). The van der Waals surface area contributed by atoms with Gasteiger partial charge in [0.15, 0.2) is 0 Å². The number of halogens is 1. The van der Waals surface area contributed by atoms with Crippen LogP contribution in [0.3, 0.4) is 0 Å².